The van der Waals surface area contributed by atoms with Gasteiger partial charge in [0.05, 0.1) is 31.9 Å². The molecule has 1 N–H and O–H groups in total. The largest absolute Gasteiger partial charge is 0.495 e. The Morgan fingerprint density at radius 2 is 2.08 bits per heavy atom. The summed E-state index contributed by atoms with van der Waals surface area (Å²) in [4.78, 5) is 34.1. The van der Waals surface area contributed by atoms with Gasteiger partial charge < -0.3 is 24.4 Å². The molecule has 8 heteroatoms. The van der Waals surface area contributed by atoms with Gasteiger partial charge in [0.25, 0.3) is 5.91 Å². The number of para-hydroxylation sites is 1. The highest BCUT2D eigenvalue weighted by Crippen LogP contribution is 2.33. The predicted molar refractivity (Wildman–Crippen MR) is 139 cm³/mol. The number of aromatic nitrogens is 1. The zero-order valence-corrected chi connectivity index (χ0v) is 21.9. The van der Waals surface area contributed by atoms with Crippen LogP contribution in [0.3, 0.4) is 0 Å². The summed E-state index contributed by atoms with van der Waals surface area (Å²) in [5.74, 6) is 7.27. The van der Waals surface area contributed by atoms with Crippen molar-refractivity contribution in [3.05, 3.63) is 53.2 Å². The molecule has 1 aliphatic heterocycles. The zero-order chi connectivity index (χ0) is 26.5. The first-order valence-electron chi connectivity index (χ1n) is 12.8. The van der Waals surface area contributed by atoms with Gasteiger partial charge in [-0.25, -0.2) is 4.98 Å². The fraction of sp³-hybridized carbons (Fsp3) is 0.483. The number of hydrogen-bond donors (Lipinski definition) is 1. The first-order valence-corrected chi connectivity index (χ1v) is 12.8. The summed E-state index contributed by atoms with van der Waals surface area (Å²) in [6.07, 6.45) is 4.01. The Labute approximate surface area is 218 Å². The molecule has 0 spiro atoms. The summed E-state index contributed by atoms with van der Waals surface area (Å²) < 4.78 is 11.7. The first kappa shape index (κ1) is 26.5. The van der Waals surface area contributed by atoms with Crippen LogP contribution < -0.4 is 9.47 Å². The van der Waals surface area contributed by atoms with Crippen molar-refractivity contribution in [2.24, 2.45) is 11.8 Å². The fourth-order valence-corrected chi connectivity index (χ4v) is 4.37. The highest BCUT2D eigenvalue weighted by Gasteiger charge is 2.35. The van der Waals surface area contributed by atoms with E-state index in [0.29, 0.717) is 36.7 Å². The standard InChI is InChI=1S/C29H35N3O5/c1-19-16-32(20(2)18-33)29(35)24-13-22(11-12-23-7-5-6-8-25(23)36-4)15-30-28(24)37-26(19)17-31(3)27(34)14-21-9-10-21/h5-8,13,15,19-21,26,33H,9-10,14,16-18H2,1-4H3/t19-,20-,26-/m0/s1. The summed E-state index contributed by atoms with van der Waals surface area (Å²) in [6.45, 7) is 4.41. The number of likely N-dealkylation sites (N-methyl/N-ethyl adjacent to an activating group) is 1. The Kier molecular flexibility index (Phi) is 8.34. The van der Waals surface area contributed by atoms with E-state index < -0.39 is 0 Å². The first-order chi connectivity index (χ1) is 17.8. The van der Waals surface area contributed by atoms with E-state index in [1.54, 1.807) is 36.2 Å². The quantitative estimate of drug-likeness (QED) is 0.582. The summed E-state index contributed by atoms with van der Waals surface area (Å²) >= 11 is 0. The molecule has 1 saturated carbocycles. The van der Waals surface area contributed by atoms with Gasteiger partial charge in [-0.2, -0.15) is 0 Å². The molecule has 0 saturated heterocycles. The van der Waals surface area contributed by atoms with E-state index in [4.69, 9.17) is 9.47 Å². The maximum absolute atomic E-state index is 13.6. The molecule has 2 aliphatic rings. The van der Waals surface area contributed by atoms with E-state index in [2.05, 4.69) is 16.8 Å². The lowest BCUT2D eigenvalue weighted by molar-refractivity contribution is -0.131. The lowest BCUT2D eigenvalue weighted by atomic mass is 9.99. The average Bonchev–Trinajstić information content (AvgIpc) is 3.73. The van der Waals surface area contributed by atoms with Gasteiger partial charge in [-0.15, -0.1) is 0 Å². The number of benzene rings is 1. The van der Waals surface area contributed by atoms with Crippen LogP contribution in [-0.4, -0.2) is 77.7 Å². The second kappa shape index (κ2) is 11.7. The van der Waals surface area contributed by atoms with Crippen molar-refractivity contribution in [1.82, 2.24) is 14.8 Å². The number of aliphatic hydroxyl groups is 1. The molecule has 0 radical (unpaired) electrons. The monoisotopic (exact) mass is 505 g/mol. The van der Waals surface area contributed by atoms with Crippen LogP contribution >= 0.6 is 0 Å². The number of amides is 2. The van der Waals surface area contributed by atoms with Gasteiger partial charge in [0, 0.05) is 37.7 Å². The average molecular weight is 506 g/mol. The second-order valence-electron chi connectivity index (χ2n) is 10.1. The van der Waals surface area contributed by atoms with E-state index >= 15 is 0 Å². The van der Waals surface area contributed by atoms with Gasteiger partial charge in [0.2, 0.25) is 11.8 Å². The van der Waals surface area contributed by atoms with E-state index in [9.17, 15) is 14.7 Å². The SMILES string of the molecule is COc1ccccc1C#Cc1cnc2c(c1)C(=O)N([C@@H](C)CO)C[C@H](C)[C@H](CN(C)C(=O)CC1CC1)O2. The van der Waals surface area contributed by atoms with Crippen LogP contribution in [0.1, 0.15) is 54.6 Å². The topological polar surface area (TPSA) is 92.2 Å². The molecule has 196 valence electrons. The van der Waals surface area contributed by atoms with Gasteiger partial charge in [-0.05, 0) is 43.9 Å². The molecule has 0 unspecified atom stereocenters. The van der Waals surface area contributed by atoms with Crippen molar-refractivity contribution in [3.63, 3.8) is 0 Å². The van der Waals surface area contributed by atoms with Crippen molar-refractivity contribution in [3.8, 4) is 23.5 Å². The minimum absolute atomic E-state index is 0.0888. The summed E-state index contributed by atoms with van der Waals surface area (Å²) in [5.41, 5.74) is 1.57. The van der Waals surface area contributed by atoms with Gasteiger partial charge in [0.1, 0.15) is 17.4 Å². The molecule has 37 heavy (non-hydrogen) atoms. The molecule has 8 nitrogen and oxygen atoms in total. The van der Waals surface area contributed by atoms with E-state index in [1.807, 2.05) is 38.1 Å². The Morgan fingerprint density at radius 3 is 2.78 bits per heavy atom. The van der Waals surface area contributed by atoms with Crippen molar-refractivity contribution in [1.29, 1.82) is 0 Å². The van der Waals surface area contributed by atoms with Crippen LogP contribution in [0, 0.1) is 23.7 Å². The molecule has 4 rings (SSSR count). The fourth-order valence-electron chi connectivity index (χ4n) is 4.37. The number of hydrogen-bond acceptors (Lipinski definition) is 6. The molecular formula is C29H35N3O5. The van der Waals surface area contributed by atoms with Crippen molar-refractivity contribution >= 4 is 11.8 Å². The van der Waals surface area contributed by atoms with E-state index in [0.717, 1.165) is 18.4 Å². The molecule has 1 aliphatic carbocycles. The number of carbonyl (C=O) groups excluding carboxylic acids is 2. The summed E-state index contributed by atoms with van der Waals surface area (Å²) in [5, 5.41) is 9.86. The number of rotatable bonds is 7. The molecule has 2 amide bonds. The van der Waals surface area contributed by atoms with Crippen LogP contribution in [0.25, 0.3) is 0 Å². The van der Waals surface area contributed by atoms with Crippen LogP contribution in [0.5, 0.6) is 11.6 Å². The Balaban J connectivity index is 1.64. The lowest BCUT2D eigenvalue weighted by Gasteiger charge is -2.37. The number of ether oxygens (including phenoxy) is 2. The maximum Gasteiger partial charge on any atom is 0.259 e. The number of fused-ring (bicyclic) bond motifs is 1. The molecule has 1 aromatic heterocycles. The molecule has 2 aromatic rings. The summed E-state index contributed by atoms with van der Waals surface area (Å²) in [7, 11) is 3.39. The van der Waals surface area contributed by atoms with Gasteiger partial charge >= 0.3 is 0 Å². The van der Waals surface area contributed by atoms with Crippen molar-refractivity contribution in [2.45, 2.75) is 45.3 Å². The molecule has 2 heterocycles. The maximum atomic E-state index is 13.6. The van der Waals surface area contributed by atoms with Gasteiger partial charge in [-0.3, -0.25) is 9.59 Å². The second-order valence-corrected chi connectivity index (χ2v) is 10.1. The van der Waals surface area contributed by atoms with Gasteiger partial charge in [0.15, 0.2) is 0 Å². The molecule has 1 fully saturated rings. The number of carbonyl (C=O) groups is 2. The molecule has 1 aromatic carbocycles. The smallest absolute Gasteiger partial charge is 0.259 e. The zero-order valence-electron chi connectivity index (χ0n) is 21.9. The predicted octanol–water partition coefficient (Wildman–Crippen LogP) is 2.97. The number of pyridine rings is 1. The van der Waals surface area contributed by atoms with Crippen LogP contribution in [0.15, 0.2) is 36.5 Å². The highest BCUT2D eigenvalue weighted by molar-refractivity contribution is 5.97. The molecule has 3 atom stereocenters. The Hall–Kier alpha value is -3.57. The van der Waals surface area contributed by atoms with Crippen molar-refractivity contribution < 1.29 is 24.2 Å². The number of nitrogens with zero attached hydrogens (tertiary/aromatic N) is 3. The lowest BCUT2D eigenvalue weighted by Crippen LogP contribution is -2.50. The Morgan fingerprint density at radius 1 is 1.32 bits per heavy atom. The Bertz CT molecular complexity index is 1200. The third-order valence-corrected chi connectivity index (χ3v) is 7.01. The number of aliphatic hydroxyl groups excluding tert-OH is 1. The normalized spacial score (nSPS) is 19.9. The number of methoxy groups -OCH3 is 1. The van der Waals surface area contributed by atoms with Crippen LogP contribution in [0.4, 0.5) is 0 Å². The third kappa shape index (κ3) is 6.41. The van der Waals surface area contributed by atoms with Crippen LogP contribution in [-0.2, 0) is 4.79 Å². The summed E-state index contributed by atoms with van der Waals surface area (Å²) in [6, 6.07) is 8.74. The van der Waals surface area contributed by atoms with Gasteiger partial charge in [-0.1, -0.05) is 30.9 Å². The van der Waals surface area contributed by atoms with E-state index in [-0.39, 0.29) is 47.9 Å². The highest BCUT2D eigenvalue weighted by atomic mass is 16.5. The van der Waals surface area contributed by atoms with Crippen LogP contribution in [0.2, 0.25) is 0 Å². The van der Waals surface area contributed by atoms with Crippen molar-refractivity contribution in [2.75, 3.05) is 33.9 Å². The molecular weight excluding hydrogens is 470 g/mol. The van der Waals surface area contributed by atoms with E-state index in [1.165, 1.54) is 0 Å². The minimum Gasteiger partial charge on any atom is -0.495 e. The third-order valence-electron chi connectivity index (χ3n) is 7.01. The molecule has 0 bridgehead atoms. The minimum atomic E-state index is -0.390.